The Hall–Kier alpha value is -0.900. The van der Waals surface area contributed by atoms with Crippen molar-refractivity contribution in [3.63, 3.8) is 0 Å². The van der Waals surface area contributed by atoms with Crippen molar-refractivity contribution in [2.24, 2.45) is 5.73 Å². The van der Waals surface area contributed by atoms with Crippen molar-refractivity contribution in [2.45, 2.75) is 50.6 Å². The van der Waals surface area contributed by atoms with Crippen molar-refractivity contribution in [2.75, 3.05) is 0 Å². The van der Waals surface area contributed by atoms with Crippen molar-refractivity contribution in [1.29, 1.82) is 0 Å². The molecule has 0 amide bonds. The van der Waals surface area contributed by atoms with Gasteiger partial charge in [-0.3, -0.25) is 0 Å². The van der Waals surface area contributed by atoms with Crippen molar-refractivity contribution in [3.05, 3.63) is 11.6 Å². The van der Waals surface area contributed by atoms with Crippen LogP contribution in [0.1, 0.15) is 37.3 Å². The molecule has 76 valence electrons. The minimum absolute atomic E-state index is 0.0568. The molecule has 0 bridgehead atoms. The van der Waals surface area contributed by atoms with Crippen LogP contribution in [0.4, 0.5) is 0 Å². The average molecular weight is 192 g/mol. The van der Waals surface area contributed by atoms with E-state index in [2.05, 4.69) is 14.8 Å². The van der Waals surface area contributed by atoms with Crippen LogP contribution < -0.4 is 5.73 Å². The van der Waals surface area contributed by atoms with Crippen LogP contribution >= 0.6 is 0 Å². The first-order valence-corrected chi connectivity index (χ1v) is 5.47. The van der Waals surface area contributed by atoms with Crippen LogP contribution in [0.5, 0.6) is 0 Å². The van der Waals surface area contributed by atoms with Gasteiger partial charge in [0.05, 0.1) is 0 Å². The highest BCUT2D eigenvalue weighted by atomic mass is 15.3. The molecule has 0 atom stereocenters. The van der Waals surface area contributed by atoms with Crippen molar-refractivity contribution in [3.8, 4) is 0 Å². The van der Waals surface area contributed by atoms with Gasteiger partial charge in [-0.05, 0) is 25.7 Å². The minimum Gasteiger partial charge on any atom is -0.325 e. The number of rotatable bonds is 2. The number of aromatic nitrogens is 3. The monoisotopic (exact) mass is 192 g/mol. The Morgan fingerprint density at radius 3 is 2.93 bits per heavy atom. The van der Waals surface area contributed by atoms with Crippen LogP contribution in [0.25, 0.3) is 0 Å². The second-order valence-electron chi connectivity index (χ2n) is 4.68. The first kappa shape index (κ1) is 8.41. The lowest BCUT2D eigenvalue weighted by atomic mass is 10.1. The van der Waals surface area contributed by atoms with Gasteiger partial charge < -0.3 is 10.3 Å². The molecule has 4 nitrogen and oxygen atoms in total. The molecule has 1 aliphatic carbocycles. The predicted octanol–water partition coefficient (Wildman–Crippen LogP) is 0.648. The Kier molecular flexibility index (Phi) is 1.68. The van der Waals surface area contributed by atoms with Gasteiger partial charge in [-0.25, -0.2) is 0 Å². The van der Waals surface area contributed by atoms with Gasteiger partial charge in [-0.1, -0.05) is 0 Å². The standard InChI is InChI=1S/C10H16N4/c11-10(4-5-10)7-9-13-12-8-3-1-2-6-14(8)9/h1-7,11H2. The molecule has 1 fully saturated rings. The van der Waals surface area contributed by atoms with E-state index in [1.165, 1.54) is 12.8 Å². The Morgan fingerprint density at radius 2 is 2.14 bits per heavy atom. The van der Waals surface area contributed by atoms with Crippen molar-refractivity contribution >= 4 is 0 Å². The summed E-state index contributed by atoms with van der Waals surface area (Å²) in [4.78, 5) is 0. The number of fused-ring (bicyclic) bond motifs is 1. The Balaban J connectivity index is 1.87. The van der Waals surface area contributed by atoms with Gasteiger partial charge in [0.1, 0.15) is 11.6 Å². The zero-order valence-electron chi connectivity index (χ0n) is 8.37. The Labute approximate surface area is 83.5 Å². The summed E-state index contributed by atoms with van der Waals surface area (Å²) in [5, 5.41) is 8.48. The molecule has 1 saturated carbocycles. The van der Waals surface area contributed by atoms with Gasteiger partial charge in [0.15, 0.2) is 0 Å². The summed E-state index contributed by atoms with van der Waals surface area (Å²) < 4.78 is 2.27. The highest BCUT2D eigenvalue weighted by molar-refractivity contribution is 5.09. The quantitative estimate of drug-likeness (QED) is 0.748. The smallest absolute Gasteiger partial charge is 0.134 e. The van der Waals surface area contributed by atoms with E-state index < -0.39 is 0 Å². The lowest BCUT2D eigenvalue weighted by Crippen LogP contribution is -2.27. The maximum Gasteiger partial charge on any atom is 0.134 e. The Bertz CT molecular complexity index is 351. The number of hydrogen-bond acceptors (Lipinski definition) is 3. The second kappa shape index (κ2) is 2.79. The molecule has 0 unspecified atom stereocenters. The molecule has 0 saturated heterocycles. The lowest BCUT2D eigenvalue weighted by molar-refractivity contribution is 0.495. The topological polar surface area (TPSA) is 56.7 Å². The number of nitrogens with two attached hydrogens (primary N) is 1. The molecule has 1 aromatic heterocycles. The highest BCUT2D eigenvalue weighted by Crippen LogP contribution is 2.35. The molecule has 2 N–H and O–H groups in total. The zero-order chi connectivity index (χ0) is 9.60. The van der Waals surface area contributed by atoms with Crippen molar-refractivity contribution < 1.29 is 0 Å². The van der Waals surface area contributed by atoms with Gasteiger partial charge >= 0.3 is 0 Å². The summed E-state index contributed by atoms with van der Waals surface area (Å²) in [7, 11) is 0. The third-order valence-corrected chi connectivity index (χ3v) is 3.34. The zero-order valence-corrected chi connectivity index (χ0v) is 8.37. The summed E-state index contributed by atoms with van der Waals surface area (Å²) >= 11 is 0. The second-order valence-corrected chi connectivity index (χ2v) is 4.68. The van der Waals surface area contributed by atoms with Crippen LogP contribution in [0, 0.1) is 0 Å². The predicted molar refractivity (Wildman–Crippen MR) is 52.8 cm³/mol. The molecular formula is C10H16N4. The van der Waals surface area contributed by atoms with Crippen LogP contribution in [-0.4, -0.2) is 20.3 Å². The molecule has 4 heteroatoms. The van der Waals surface area contributed by atoms with E-state index in [9.17, 15) is 0 Å². The largest absolute Gasteiger partial charge is 0.325 e. The molecule has 2 heterocycles. The Morgan fingerprint density at radius 1 is 1.29 bits per heavy atom. The van der Waals surface area contributed by atoms with Crippen molar-refractivity contribution in [1.82, 2.24) is 14.8 Å². The average Bonchev–Trinajstić information content (AvgIpc) is 2.77. The van der Waals surface area contributed by atoms with E-state index in [4.69, 9.17) is 5.73 Å². The summed E-state index contributed by atoms with van der Waals surface area (Å²) in [6.07, 6.45) is 6.82. The molecule has 2 aliphatic rings. The van der Waals surface area contributed by atoms with E-state index in [1.807, 2.05) is 0 Å². The third kappa shape index (κ3) is 1.34. The fourth-order valence-electron chi connectivity index (χ4n) is 2.15. The fraction of sp³-hybridized carbons (Fsp3) is 0.800. The molecule has 0 aromatic carbocycles. The third-order valence-electron chi connectivity index (χ3n) is 3.34. The van der Waals surface area contributed by atoms with E-state index in [-0.39, 0.29) is 5.54 Å². The minimum atomic E-state index is 0.0568. The summed E-state index contributed by atoms with van der Waals surface area (Å²) in [5.41, 5.74) is 6.15. The van der Waals surface area contributed by atoms with Gasteiger partial charge in [0, 0.05) is 24.9 Å². The number of hydrogen-bond donors (Lipinski definition) is 1. The van der Waals surface area contributed by atoms with Gasteiger partial charge in [0.25, 0.3) is 0 Å². The summed E-state index contributed by atoms with van der Waals surface area (Å²) in [6, 6.07) is 0. The highest BCUT2D eigenvalue weighted by Gasteiger charge is 2.39. The van der Waals surface area contributed by atoms with Gasteiger partial charge in [-0.2, -0.15) is 0 Å². The summed E-state index contributed by atoms with van der Waals surface area (Å²) in [5.74, 6) is 2.27. The molecule has 0 radical (unpaired) electrons. The fourth-order valence-corrected chi connectivity index (χ4v) is 2.15. The van der Waals surface area contributed by atoms with Crippen LogP contribution in [0.15, 0.2) is 0 Å². The van der Waals surface area contributed by atoms with E-state index >= 15 is 0 Å². The molecule has 0 spiro atoms. The number of aryl methyl sites for hydroxylation is 1. The first-order chi connectivity index (χ1) is 6.77. The SMILES string of the molecule is NC1(Cc2nnc3n2CCCC3)CC1. The maximum atomic E-state index is 6.09. The van der Waals surface area contributed by atoms with Crippen LogP contribution in [0.2, 0.25) is 0 Å². The molecular weight excluding hydrogens is 176 g/mol. The van der Waals surface area contributed by atoms with Crippen LogP contribution in [-0.2, 0) is 19.4 Å². The van der Waals surface area contributed by atoms with E-state index in [0.29, 0.717) is 0 Å². The normalized spacial score (nSPS) is 23.2. The van der Waals surface area contributed by atoms with Crippen LogP contribution in [0.3, 0.4) is 0 Å². The van der Waals surface area contributed by atoms with Gasteiger partial charge in [-0.15, -0.1) is 10.2 Å². The maximum absolute atomic E-state index is 6.09. The first-order valence-electron chi connectivity index (χ1n) is 5.47. The number of nitrogens with zero attached hydrogens (tertiary/aromatic N) is 3. The molecule has 3 rings (SSSR count). The van der Waals surface area contributed by atoms with Gasteiger partial charge in [0.2, 0.25) is 0 Å². The summed E-state index contributed by atoms with van der Waals surface area (Å²) in [6.45, 7) is 1.09. The lowest BCUT2D eigenvalue weighted by Gasteiger charge is -2.16. The molecule has 1 aromatic rings. The molecule has 14 heavy (non-hydrogen) atoms. The van der Waals surface area contributed by atoms with E-state index in [0.717, 1.165) is 43.9 Å². The molecule has 1 aliphatic heterocycles. The van der Waals surface area contributed by atoms with E-state index in [1.54, 1.807) is 0 Å².